The van der Waals surface area contributed by atoms with Crippen LogP contribution in [0.4, 0.5) is 0 Å². The third-order valence-electron chi connectivity index (χ3n) is 2.98. The van der Waals surface area contributed by atoms with Crippen LogP contribution in [0, 0.1) is 0 Å². The van der Waals surface area contributed by atoms with E-state index < -0.39 is 18.5 Å². The molecule has 7 nitrogen and oxygen atoms in total. The summed E-state index contributed by atoms with van der Waals surface area (Å²) in [5.41, 5.74) is 0.707. The third kappa shape index (κ3) is 2.97. The topological polar surface area (TPSA) is 102 Å². The molecular weight excluding hydrogens is 392 g/mol. The van der Waals surface area contributed by atoms with E-state index >= 15 is 0 Å². The highest BCUT2D eigenvalue weighted by atomic mass is 79.9. The van der Waals surface area contributed by atoms with Crippen molar-refractivity contribution < 1.29 is 34.0 Å². The van der Waals surface area contributed by atoms with Gasteiger partial charge >= 0.3 is 11.9 Å². The van der Waals surface area contributed by atoms with E-state index in [2.05, 4.69) is 15.9 Å². The minimum absolute atomic E-state index is 0.00225. The summed E-state index contributed by atoms with van der Waals surface area (Å²) >= 11 is 4.28. The van der Waals surface area contributed by atoms with Gasteiger partial charge in [-0.15, -0.1) is 11.3 Å². The molecule has 120 valence electrons. The highest BCUT2D eigenvalue weighted by molar-refractivity contribution is 9.10. The summed E-state index contributed by atoms with van der Waals surface area (Å²) in [5, 5.41) is 18.0. The molecule has 0 spiro atoms. The summed E-state index contributed by atoms with van der Waals surface area (Å²) in [7, 11) is 0. The van der Waals surface area contributed by atoms with Gasteiger partial charge in [-0.05, 0) is 39.7 Å². The van der Waals surface area contributed by atoms with Crippen LogP contribution in [0.15, 0.2) is 22.7 Å². The van der Waals surface area contributed by atoms with Gasteiger partial charge in [0.2, 0.25) is 6.79 Å². The van der Waals surface area contributed by atoms with Crippen molar-refractivity contribution in [2.24, 2.45) is 0 Å². The van der Waals surface area contributed by atoms with Crippen molar-refractivity contribution in [3.63, 3.8) is 0 Å². The van der Waals surface area contributed by atoms with Gasteiger partial charge < -0.3 is 24.4 Å². The number of rotatable bonds is 5. The molecule has 0 radical (unpaired) electrons. The number of benzene rings is 1. The maximum absolute atomic E-state index is 11.4. The lowest BCUT2D eigenvalue weighted by molar-refractivity contribution is -0.139. The Balaban J connectivity index is 2.04. The molecule has 1 aromatic heterocycles. The standard InChI is InChI=1S/C14H9BrO7S/c15-10-11(20-4-9(16)17)13(14(18)19)23-12(10)6-1-2-7-8(3-6)22-5-21-7/h1-3H,4-5H2,(H,16,17)(H,18,19). The molecule has 23 heavy (non-hydrogen) atoms. The minimum atomic E-state index is -1.19. The first-order valence-electron chi connectivity index (χ1n) is 6.27. The smallest absolute Gasteiger partial charge is 0.349 e. The van der Waals surface area contributed by atoms with Crippen molar-refractivity contribution in [1.29, 1.82) is 0 Å². The monoisotopic (exact) mass is 400 g/mol. The average molecular weight is 401 g/mol. The van der Waals surface area contributed by atoms with E-state index in [0.717, 1.165) is 11.3 Å². The molecule has 1 aromatic carbocycles. The van der Waals surface area contributed by atoms with E-state index in [0.29, 0.717) is 26.4 Å². The van der Waals surface area contributed by atoms with E-state index in [9.17, 15) is 14.7 Å². The molecule has 2 heterocycles. The number of hydrogen-bond donors (Lipinski definition) is 2. The number of thiophene rings is 1. The zero-order valence-electron chi connectivity index (χ0n) is 11.4. The fourth-order valence-electron chi connectivity index (χ4n) is 2.02. The quantitative estimate of drug-likeness (QED) is 0.794. The first-order chi connectivity index (χ1) is 11.0. The normalized spacial score (nSPS) is 12.2. The number of halogens is 1. The fraction of sp³-hybridized carbons (Fsp3) is 0.143. The molecule has 9 heteroatoms. The Morgan fingerprint density at radius 2 is 2.00 bits per heavy atom. The lowest BCUT2D eigenvalue weighted by Gasteiger charge is -2.04. The zero-order valence-corrected chi connectivity index (χ0v) is 13.8. The summed E-state index contributed by atoms with van der Waals surface area (Å²) in [6.07, 6.45) is 0. The average Bonchev–Trinajstić information content (AvgIpc) is 3.08. The lowest BCUT2D eigenvalue weighted by Crippen LogP contribution is -2.11. The number of ether oxygens (including phenoxy) is 3. The summed E-state index contributed by atoms with van der Waals surface area (Å²) in [6, 6.07) is 5.21. The molecule has 3 rings (SSSR count). The molecule has 2 aromatic rings. The number of aliphatic carboxylic acids is 1. The van der Waals surface area contributed by atoms with Crippen LogP contribution in [0.1, 0.15) is 9.67 Å². The van der Waals surface area contributed by atoms with Gasteiger partial charge in [0.15, 0.2) is 28.7 Å². The van der Waals surface area contributed by atoms with E-state index in [1.807, 2.05) is 0 Å². The summed E-state index contributed by atoms with van der Waals surface area (Å²) in [4.78, 5) is 22.5. The molecule has 2 N–H and O–H groups in total. The molecule has 0 saturated heterocycles. The first kappa shape index (κ1) is 15.6. The van der Waals surface area contributed by atoms with Crippen LogP contribution in [0.2, 0.25) is 0 Å². The van der Waals surface area contributed by atoms with Crippen LogP contribution in [-0.2, 0) is 4.79 Å². The molecule has 1 aliphatic heterocycles. The van der Waals surface area contributed by atoms with Gasteiger partial charge in [-0.25, -0.2) is 9.59 Å². The number of fused-ring (bicyclic) bond motifs is 1. The summed E-state index contributed by atoms with van der Waals surface area (Å²) in [6.45, 7) is -0.492. The molecule has 1 aliphatic rings. The van der Waals surface area contributed by atoms with Crippen LogP contribution < -0.4 is 14.2 Å². The highest BCUT2D eigenvalue weighted by Crippen LogP contribution is 2.47. The van der Waals surface area contributed by atoms with Crippen LogP contribution in [-0.4, -0.2) is 35.6 Å². The second-order valence-corrected chi connectivity index (χ2v) is 6.27. The van der Waals surface area contributed by atoms with Gasteiger partial charge in [-0.2, -0.15) is 0 Å². The summed E-state index contributed by atoms with van der Waals surface area (Å²) in [5.74, 6) is -1.21. The number of carbonyl (C=O) groups is 2. The van der Waals surface area contributed by atoms with Crippen molar-refractivity contribution in [3.8, 4) is 27.7 Å². The van der Waals surface area contributed by atoms with Gasteiger partial charge in [0, 0.05) is 0 Å². The van der Waals surface area contributed by atoms with Gasteiger partial charge in [0.05, 0.1) is 9.35 Å². The van der Waals surface area contributed by atoms with E-state index in [-0.39, 0.29) is 17.4 Å². The van der Waals surface area contributed by atoms with Crippen molar-refractivity contribution in [2.75, 3.05) is 13.4 Å². The maximum atomic E-state index is 11.4. The van der Waals surface area contributed by atoms with Crippen LogP contribution >= 0.6 is 27.3 Å². The van der Waals surface area contributed by atoms with Crippen LogP contribution in [0.25, 0.3) is 10.4 Å². The number of aromatic carboxylic acids is 1. The predicted octanol–water partition coefficient (Wildman–Crippen LogP) is 3.07. The van der Waals surface area contributed by atoms with Gasteiger partial charge in [-0.1, -0.05) is 0 Å². The van der Waals surface area contributed by atoms with Crippen LogP contribution in [0.3, 0.4) is 0 Å². The van der Waals surface area contributed by atoms with Gasteiger partial charge in [-0.3, -0.25) is 0 Å². The minimum Gasteiger partial charge on any atom is -0.479 e. The Hall–Kier alpha value is -2.26. The molecule has 0 unspecified atom stereocenters. The van der Waals surface area contributed by atoms with Crippen molar-refractivity contribution in [3.05, 3.63) is 27.5 Å². The Kier molecular flexibility index (Phi) is 4.14. The Bertz CT molecular complexity index is 799. The zero-order chi connectivity index (χ0) is 16.6. The number of hydrogen-bond acceptors (Lipinski definition) is 6. The van der Waals surface area contributed by atoms with Gasteiger partial charge in [0.25, 0.3) is 0 Å². The SMILES string of the molecule is O=C(O)COc1c(C(=O)O)sc(-c2ccc3c(c2)OCO3)c1Br. The molecule has 0 aliphatic carbocycles. The maximum Gasteiger partial charge on any atom is 0.349 e. The van der Waals surface area contributed by atoms with Crippen molar-refractivity contribution >= 4 is 39.2 Å². The van der Waals surface area contributed by atoms with Gasteiger partial charge in [0.1, 0.15) is 0 Å². The van der Waals surface area contributed by atoms with Crippen LogP contribution in [0.5, 0.6) is 17.2 Å². The molecule has 0 amide bonds. The van der Waals surface area contributed by atoms with E-state index in [4.69, 9.17) is 19.3 Å². The molecule has 0 bridgehead atoms. The largest absolute Gasteiger partial charge is 0.479 e. The Morgan fingerprint density at radius 3 is 2.70 bits per heavy atom. The van der Waals surface area contributed by atoms with E-state index in [1.54, 1.807) is 18.2 Å². The first-order valence-corrected chi connectivity index (χ1v) is 7.88. The molecule has 0 fully saturated rings. The Labute approximate surface area is 142 Å². The molecular formula is C14H9BrO7S. The highest BCUT2D eigenvalue weighted by Gasteiger charge is 2.25. The lowest BCUT2D eigenvalue weighted by atomic mass is 10.1. The Morgan fingerprint density at radius 1 is 1.26 bits per heavy atom. The van der Waals surface area contributed by atoms with E-state index in [1.165, 1.54) is 0 Å². The number of carboxylic acids is 2. The third-order valence-corrected chi connectivity index (χ3v) is 5.21. The van der Waals surface area contributed by atoms with Crippen molar-refractivity contribution in [2.45, 2.75) is 0 Å². The van der Waals surface area contributed by atoms with Crippen molar-refractivity contribution in [1.82, 2.24) is 0 Å². The second kappa shape index (κ2) is 6.09. The fourth-order valence-corrected chi connectivity index (χ4v) is 3.91. The molecule has 0 saturated carbocycles. The summed E-state index contributed by atoms with van der Waals surface area (Å²) < 4.78 is 16.0. The number of carboxylic acid groups (broad SMARTS) is 2. The second-order valence-electron chi connectivity index (χ2n) is 4.46. The predicted molar refractivity (Wildman–Crippen MR) is 83.7 cm³/mol. The molecule has 0 atom stereocenters.